The van der Waals surface area contributed by atoms with Crippen LogP contribution in [0.15, 0.2) is 12.1 Å². The van der Waals surface area contributed by atoms with E-state index in [0.29, 0.717) is 0 Å². The molecule has 0 heterocycles. The number of hydrogen-bond donors (Lipinski definition) is 2. The largest absolute Gasteiger partial charge is 0.312 e. The SMILES string of the molecule is Cc1ccc(CNCCS)c(C)c1C. The molecule has 0 saturated heterocycles. The zero-order valence-corrected chi connectivity index (χ0v) is 10.1. The first kappa shape index (κ1) is 11.6. The fourth-order valence-corrected chi connectivity index (χ4v) is 1.66. The van der Waals surface area contributed by atoms with Crippen molar-refractivity contribution in [1.82, 2.24) is 5.32 Å². The van der Waals surface area contributed by atoms with Crippen molar-refractivity contribution in [3.05, 3.63) is 34.4 Å². The first-order valence-corrected chi connectivity index (χ1v) is 5.67. The topological polar surface area (TPSA) is 12.0 Å². The number of hydrogen-bond acceptors (Lipinski definition) is 2. The Kier molecular flexibility index (Phi) is 4.49. The summed E-state index contributed by atoms with van der Waals surface area (Å²) in [6.07, 6.45) is 0. The zero-order valence-electron chi connectivity index (χ0n) is 9.22. The lowest BCUT2D eigenvalue weighted by atomic mass is 9.99. The molecule has 1 aromatic carbocycles. The van der Waals surface area contributed by atoms with E-state index >= 15 is 0 Å². The molecule has 1 rings (SSSR count). The van der Waals surface area contributed by atoms with Crippen molar-refractivity contribution in [3.8, 4) is 0 Å². The first-order valence-electron chi connectivity index (χ1n) is 5.04. The summed E-state index contributed by atoms with van der Waals surface area (Å²) in [5, 5.41) is 3.36. The Hall–Kier alpha value is -0.470. The summed E-state index contributed by atoms with van der Waals surface area (Å²) in [5.74, 6) is 0.893. The molecule has 0 radical (unpaired) electrons. The van der Waals surface area contributed by atoms with Crippen LogP contribution in [0.1, 0.15) is 22.3 Å². The van der Waals surface area contributed by atoms with Gasteiger partial charge in [0.05, 0.1) is 0 Å². The lowest BCUT2D eigenvalue weighted by molar-refractivity contribution is 0.728. The fourth-order valence-electron chi connectivity index (χ4n) is 1.51. The highest BCUT2D eigenvalue weighted by Gasteiger charge is 2.02. The van der Waals surface area contributed by atoms with Crippen molar-refractivity contribution >= 4 is 12.6 Å². The molecule has 14 heavy (non-hydrogen) atoms. The lowest BCUT2D eigenvalue weighted by Crippen LogP contribution is -2.16. The Bertz CT molecular complexity index is 307. The molecule has 0 bridgehead atoms. The van der Waals surface area contributed by atoms with Crippen molar-refractivity contribution < 1.29 is 0 Å². The average Bonchev–Trinajstić information content (AvgIpc) is 2.18. The van der Waals surface area contributed by atoms with E-state index in [1.807, 2.05) is 0 Å². The average molecular weight is 209 g/mol. The minimum absolute atomic E-state index is 0.893. The molecule has 0 saturated carbocycles. The van der Waals surface area contributed by atoms with Crippen molar-refractivity contribution in [1.29, 1.82) is 0 Å². The molecule has 0 fully saturated rings. The molecule has 1 N–H and O–H groups in total. The molecule has 0 unspecified atom stereocenters. The molecule has 2 heteroatoms. The van der Waals surface area contributed by atoms with E-state index in [1.54, 1.807) is 0 Å². The Morgan fingerprint density at radius 2 is 1.86 bits per heavy atom. The van der Waals surface area contributed by atoms with Crippen LogP contribution < -0.4 is 5.32 Å². The number of aryl methyl sites for hydroxylation is 1. The van der Waals surface area contributed by atoms with Gasteiger partial charge < -0.3 is 5.32 Å². The molecule has 0 aliphatic carbocycles. The quantitative estimate of drug-likeness (QED) is 0.574. The van der Waals surface area contributed by atoms with Gasteiger partial charge in [0.25, 0.3) is 0 Å². The summed E-state index contributed by atoms with van der Waals surface area (Å²) >= 11 is 4.17. The minimum atomic E-state index is 0.893. The van der Waals surface area contributed by atoms with Crippen molar-refractivity contribution in [2.45, 2.75) is 27.3 Å². The molecule has 1 aromatic rings. The van der Waals surface area contributed by atoms with Gasteiger partial charge in [0.15, 0.2) is 0 Å². The second-order valence-electron chi connectivity index (χ2n) is 3.69. The zero-order chi connectivity index (χ0) is 10.6. The maximum absolute atomic E-state index is 4.17. The summed E-state index contributed by atoms with van der Waals surface area (Å²) in [6.45, 7) is 8.46. The number of thiol groups is 1. The predicted octanol–water partition coefficient (Wildman–Crippen LogP) is 2.63. The predicted molar refractivity (Wildman–Crippen MR) is 66.2 cm³/mol. The molecular weight excluding hydrogens is 190 g/mol. The third kappa shape index (κ3) is 2.76. The van der Waals surface area contributed by atoms with Crippen LogP contribution >= 0.6 is 12.6 Å². The Balaban J connectivity index is 2.73. The molecule has 1 nitrogen and oxygen atoms in total. The fraction of sp³-hybridized carbons (Fsp3) is 0.500. The smallest absolute Gasteiger partial charge is 0.0208 e. The van der Waals surface area contributed by atoms with Crippen LogP contribution in [-0.2, 0) is 6.54 Å². The standard InChI is InChI=1S/C12H19NS/c1-9-4-5-12(8-13-6-7-14)11(3)10(9)2/h4-5,13-14H,6-8H2,1-3H3. The molecule has 0 aliphatic rings. The van der Waals surface area contributed by atoms with E-state index < -0.39 is 0 Å². The lowest BCUT2D eigenvalue weighted by Gasteiger charge is -2.11. The summed E-state index contributed by atoms with van der Waals surface area (Å²) in [5.41, 5.74) is 5.60. The van der Waals surface area contributed by atoms with Crippen molar-refractivity contribution in [2.24, 2.45) is 0 Å². The van der Waals surface area contributed by atoms with Gasteiger partial charge in [-0.3, -0.25) is 0 Å². The summed E-state index contributed by atoms with van der Waals surface area (Å²) in [6, 6.07) is 4.41. The van der Waals surface area contributed by atoms with Gasteiger partial charge in [0.1, 0.15) is 0 Å². The minimum Gasteiger partial charge on any atom is -0.312 e. The Labute approximate surface area is 92.3 Å². The van der Waals surface area contributed by atoms with E-state index in [4.69, 9.17) is 0 Å². The molecule has 0 spiro atoms. The maximum atomic E-state index is 4.17. The second kappa shape index (κ2) is 5.42. The highest BCUT2D eigenvalue weighted by Crippen LogP contribution is 2.16. The summed E-state index contributed by atoms with van der Waals surface area (Å²) in [7, 11) is 0. The summed E-state index contributed by atoms with van der Waals surface area (Å²) in [4.78, 5) is 0. The third-order valence-corrected chi connectivity index (χ3v) is 3.00. The van der Waals surface area contributed by atoms with Crippen LogP contribution in [0.5, 0.6) is 0 Å². The molecular formula is C12H19NS. The Morgan fingerprint density at radius 1 is 1.14 bits per heavy atom. The van der Waals surface area contributed by atoms with E-state index in [2.05, 4.69) is 50.8 Å². The monoisotopic (exact) mass is 209 g/mol. The maximum Gasteiger partial charge on any atom is 0.0208 e. The molecule has 0 aliphatic heterocycles. The highest BCUT2D eigenvalue weighted by atomic mass is 32.1. The highest BCUT2D eigenvalue weighted by molar-refractivity contribution is 7.80. The van der Waals surface area contributed by atoms with Crippen molar-refractivity contribution in [3.63, 3.8) is 0 Å². The van der Waals surface area contributed by atoms with Gasteiger partial charge in [-0.05, 0) is 43.0 Å². The van der Waals surface area contributed by atoms with Crippen LogP contribution in [-0.4, -0.2) is 12.3 Å². The van der Waals surface area contributed by atoms with Crippen LogP contribution in [0.3, 0.4) is 0 Å². The van der Waals surface area contributed by atoms with Gasteiger partial charge in [0, 0.05) is 18.8 Å². The first-order chi connectivity index (χ1) is 6.66. The number of benzene rings is 1. The van der Waals surface area contributed by atoms with Crippen LogP contribution in [0.25, 0.3) is 0 Å². The summed E-state index contributed by atoms with van der Waals surface area (Å²) < 4.78 is 0. The normalized spacial score (nSPS) is 10.6. The van der Waals surface area contributed by atoms with E-state index in [-0.39, 0.29) is 0 Å². The van der Waals surface area contributed by atoms with Crippen LogP contribution in [0.4, 0.5) is 0 Å². The van der Waals surface area contributed by atoms with Gasteiger partial charge in [0.2, 0.25) is 0 Å². The van der Waals surface area contributed by atoms with E-state index in [9.17, 15) is 0 Å². The van der Waals surface area contributed by atoms with Gasteiger partial charge in [-0.25, -0.2) is 0 Å². The van der Waals surface area contributed by atoms with Crippen LogP contribution in [0.2, 0.25) is 0 Å². The van der Waals surface area contributed by atoms with Gasteiger partial charge in [-0.1, -0.05) is 12.1 Å². The van der Waals surface area contributed by atoms with Crippen LogP contribution in [0, 0.1) is 20.8 Å². The number of rotatable bonds is 4. The van der Waals surface area contributed by atoms with E-state index in [0.717, 1.165) is 18.8 Å². The molecule has 0 amide bonds. The van der Waals surface area contributed by atoms with Gasteiger partial charge >= 0.3 is 0 Å². The van der Waals surface area contributed by atoms with Crippen molar-refractivity contribution in [2.75, 3.05) is 12.3 Å². The van der Waals surface area contributed by atoms with E-state index in [1.165, 1.54) is 22.3 Å². The Morgan fingerprint density at radius 3 is 2.50 bits per heavy atom. The number of nitrogens with one attached hydrogen (secondary N) is 1. The molecule has 0 atom stereocenters. The van der Waals surface area contributed by atoms with Gasteiger partial charge in [-0.2, -0.15) is 12.6 Å². The molecule has 78 valence electrons. The van der Waals surface area contributed by atoms with Gasteiger partial charge in [-0.15, -0.1) is 0 Å². The second-order valence-corrected chi connectivity index (χ2v) is 4.14. The third-order valence-electron chi connectivity index (χ3n) is 2.77. The molecule has 0 aromatic heterocycles.